The third-order valence-electron chi connectivity index (χ3n) is 6.63. The van der Waals surface area contributed by atoms with E-state index in [9.17, 15) is 19.5 Å². The van der Waals surface area contributed by atoms with E-state index in [1.165, 1.54) is 29.5 Å². The average Bonchev–Trinajstić information content (AvgIpc) is 3.65. The van der Waals surface area contributed by atoms with Crippen molar-refractivity contribution in [3.63, 3.8) is 0 Å². The Balaban J connectivity index is 1.35. The van der Waals surface area contributed by atoms with E-state index in [1.54, 1.807) is 11.0 Å². The summed E-state index contributed by atoms with van der Waals surface area (Å²) in [5.41, 5.74) is 5.63. The molecule has 3 N–H and O–H groups in total. The van der Waals surface area contributed by atoms with Crippen molar-refractivity contribution in [1.29, 1.82) is 0 Å². The Kier molecular flexibility index (Phi) is 5.68. The molecule has 0 saturated heterocycles. The second kappa shape index (κ2) is 9.32. The SMILES string of the molecule is O=C1Nc2cc(C(=O)O)ccc2/C1=C(/Nc1ccc2c(c1)CCN2C(=O)Cn1cncn1)c1ccccc1. The van der Waals surface area contributed by atoms with Gasteiger partial charge in [-0.2, -0.15) is 5.10 Å². The van der Waals surface area contributed by atoms with Gasteiger partial charge in [-0.3, -0.25) is 9.59 Å². The summed E-state index contributed by atoms with van der Waals surface area (Å²) >= 11 is 0. The fraction of sp³-hybridized carbons (Fsp3) is 0.107. The van der Waals surface area contributed by atoms with Gasteiger partial charge in [-0.15, -0.1) is 0 Å². The molecule has 38 heavy (non-hydrogen) atoms. The first-order chi connectivity index (χ1) is 18.5. The molecule has 3 heterocycles. The molecule has 0 bridgehead atoms. The van der Waals surface area contributed by atoms with Gasteiger partial charge in [-0.25, -0.2) is 14.5 Å². The Morgan fingerprint density at radius 2 is 1.87 bits per heavy atom. The standard InChI is InChI=1S/C28H22N6O4/c35-24(14-33-16-29-15-30-33)34-11-10-18-12-20(7-9-23(18)34)31-26(17-4-2-1-3-5-17)25-21-8-6-19(28(37)38)13-22(21)32-27(25)36/h1-9,12-13,15-16,31H,10-11,14H2,(H,32,36)(H,37,38)/b26-25-. The predicted octanol–water partition coefficient (Wildman–Crippen LogP) is 3.50. The van der Waals surface area contributed by atoms with Crippen LogP contribution in [0.2, 0.25) is 0 Å². The Morgan fingerprint density at radius 1 is 1.03 bits per heavy atom. The summed E-state index contributed by atoms with van der Waals surface area (Å²) in [6.45, 7) is 0.683. The molecule has 0 atom stereocenters. The second-order valence-electron chi connectivity index (χ2n) is 8.99. The van der Waals surface area contributed by atoms with Crippen molar-refractivity contribution in [3.05, 3.63) is 102 Å². The lowest BCUT2D eigenvalue weighted by Crippen LogP contribution is -2.32. The number of hydrogen-bond acceptors (Lipinski definition) is 6. The molecule has 2 aliphatic heterocycles. The van der Waals surface area contributed by atoms with Crippen LogP contribution in [0.5, 0.6) is 0 Å². The van der Waals surface area contributed by atoms with Gasteiger partial charge in [-0.05, 0) is 47.9 Å². The number of aromatic nitrogens is 3. The van der Waals surface area contributed by atoms with Crippen LogP contribution in [-0.2, 0) is 22.6 Å². The van der Waals surface area contributed by atoms with Crippen LogP contribution < -0.4 is 15.5 Å². The summed E-state index contributed by atoms with van der Waals surface area (Å²) in [5.74, 6) is -1.45. The lowest BCUT2D eigenvalue weighted by atomic mass is 9.99. The Bertz CT molecular complexity index is 1610. The minimum Gasteiger partial charge on any atom is -0.478 e. The van der Waals surface area contributed by atoms with Crippen LogP contribution in [0.25, 0.3) is 11.3 Å². The van der Waals surface area contributed by atoms with E-state index in [2.05, 4.69) is 20.7 Å². The van der Waals surface area contributed by atoms with Crippen molar-refractivity contribution in [1.82, 2.24) is 14.8 Å². The van der Waals surface area contributed by atoms with Crippen LogP contribution in [-0.4, -0.2) is 44.2 Å². The monoisotopic (exact) mass is 506 g/mol. The van der Waals surface area contributed by atoms with Crippen LogP contribution >= 0.6 is 0 Å². The van der Waals surface area contributed by atoms with Gasteiger partial charge in [0.15, 0.2) is 0 Å². The highest BCUT2D eigenvalue weighted by Gasteiger charge is 2.30. The lowest BCUT2D eigenvalue weighted by Gasteiger charge is -2.18. The van der Waals surface area contributed by atoms with E-state index in [0.717, 1.165) is 22.5 Å². The van der Waals surface area contributed by atoms with Gasteiger partial charge in [0.1, 0.15) is 19.2 Å². The van der Waals surface area contributed by atoms with E-state index in [1.807, 2.05) is 48.5 Å². The number of fused-ring (bicyclic) bond motifs is 2. The van der Waals surface area contributed by atoms with Crippen molar-refractivity contribution in [2.45, 2.75) is 13.0 Å². The molecule has 0 unspecified atom stereocenters. The van der Waals surface area contributed by atoms with E-state index >= 15 is 0 Å². The summed E-state index contributed by atoms with van der Waals surface area (Å²) < 4.78 is 1.50. The zero-order valence-corrected chi connectivity index (χ0v) is 20.1. The zero-order valence-electron chi connectivity index (χ0n) is 20.1. The molecule has 0 saturated carbocycles. The van der Waals surface area contributed by atoms with Crippen molar-refractivity contribution in [3.8, 4) is 0 Å². The van der Waals surface area contributed by atoms with Crippen molar-refractivity contribution in [2.24, 2.45) is 0 Å². The lowest BCUT2D eigenvalue weighted by molar-refractivity contribution is -0.119. The molecular formula is C28H22N6O4. The summed E-state index contributed by atoms with van der Waals surface area (Å²) in [6, 6.07) is 19.9. The van der Waals surface area contributed by atoms with Crippen LogP contribution in [0.4, 0.5) is 17.1 Å². The Hall–Kier alpha value is -5.25. The maximum atomic E-state index is 13.1. The van der Waals surface area contributed by atoms with E-state index in [0.29, 0.717) is 35.5 Å². The number of carbonyl (C=O) groups excluding carboxylic acids is 2. The second-order valence-corrected chi connectivity index (χ2v) is 8.99. The molecule has 10 heteroatoms. The molecule has 4 aromatic rings. The summed E-state index contributed by atoms with van der Waals surface area (Å²) in [7, 11) is 0. The minimum absolute atomic E-state index is 0.0676. The number of nitrogens with zero attached hydrogens (tertiary/aromatic N) is 4. The number of carboxylic acids is 1. The van der Waals surface area contributed by atoms with Crippen LogP contribution in [0.1, 0.15) is 27.0 Å². The maximum absolute atomic E-state index is 13.1. The molecule has 0 aliphatic carbocycles. The summed E-state index contributed by atoms with van der Waals surface area (Å²) in [6.07, 6.45) is 3.61. The largest absolute Gasteiger partial charge is 0.478 e. The van der Waals surface area contributed by atoms with Gasteiger partial charge in [0.2, 0.25) is 5.91 Å². The highest BCUT2D eigenvalue weighted by Crippen LogP contribution is 2.39. The fourth-order valence-corrected chi connectivity index (χ4v) is 4.86. The molecular weight excluding hydrogens is 484 g/mol. The first-order valence-corrected chi connectivity index (χ1v) is 12.0. The molecule has 6 rings (SSSR count). The molecule has 0 spiro atoms. The zero-order chi connectivity index (χ0) is 26.2. The van der Waals surface area contributed by atoms with Gasteiger partial charge in [0.05, 0.1) is 22.5 Å². The number of anilines is 3. The maximum Gasteiger partial charge on any atom is 0.335 e. The highest BCUT2D eigenvalue weighted by atomic mass is 16.4. The Morgan fingerprint density at radius 3 is 2.63 bits per heavy atom. The van der Waals surface area contributed by atoms with Gasteiger partial charge >= 0.3 is 5.97 Å². The van der Waals surface area contributed by atoms with E-state index in [4.69, 9.17) is 0 Å². The molecule has 2 amide bonds. The highest BCUT2D eigenvalue weighted by molar-refractivity contribution is 6.37. The molecule has 188 valence electrons. The first kappa shape index (κ1) is 23.2. The normalized spacial score (nSPS) is 15.1. The topological polar surface area (TPSA) is 129 Å². The number of carbonyl (C=O) groups is 3. The summed E-state index contributed by atoms with van der Waals surface area (Å²) in [5, 5.41) is 19.6. The molecule has 1 aromatic heterocycles. The number of rotatable bonds is 6. The molecule has 2 aliphatic rings. The number of amides is 2. The average molecular weight is 507 g/mol. The van der Waals surface area contributed by atoms with Gasteiger partial charge in [-0.1, -0.05) is 36.4 Å². The quantitative estimate of drug-likeness (QED) is 0.341. The predicted molar refractivity (Wildman–Crippen MR) is 141 cm³/mol. The number of aromatic carboxylic acids is 1. The Labute approximate surface area is 217 Å². The van der Waals surface area contributed by atoms with E-state index < -0.39 is 5.97 Å². The number of carboxylic acid groups (broad SMARTS) is 1. The van der Waals surface area contributed by atoms with Gasteiger partial charge < -0.3 is 20.6 Å². The molecule has 10 nitrogen and oxygen atoms in total. The van der Waals surface area contributed by atoms with Crippen LogP contribution in [0.15, 0.2) is 79.4 Å². The number of benzene rings is 3. The van der Waals surface area contributed by atoms with Crippen molar-refractivity contribution >= 4 is 46.1 Å². The van der Waals surface area contributed by atoms with Crippen molar-refractivity contribution < 1.29 is 19.5 Å². The fourth-order valence-electron chi connectivity index (χ4n) is 4.86. The van der Waals surface area contributed by atoms with Gasteiger partial charge in [0.25, 0.3) is 5.91 Å². The summed E-state index contributed by atoms with van der Waals surface area (Å²) in [4.78, 5) is 43.1. The first-order valence-electron chi connectivity index (χ1n) is 12.0. The van der Waals surface area contributed by atoms with Gasteiger partial charge in [0, 0.05) is 23.5 Å². The molecule has 0 radical (unpaired) electrons. The number of hydrogen-bond donors (Lipinski definition) is 3. The van der Waals surface area contributed by atoms with Crippen molar-refractivity contribution in [2.75, 3.05) is 22.1 Å². The minimum atomic E-state index is -1.06. The third kappa shape index (κ3) is 4.17. The smallest absolute Gasteiger partial charge is 0.335 e. The van der Waals surface area contributed by atoms with Crippen LogP contribution in [0, 0.1) is 0 Å². The van der Waals surface area contributed by atoms with E-state index in [-0.39, 0.29) is 23.9 Å². The number of nitrogens with one attached hydrogen (secondary N) is 2. The molecule has 0 fully saturated rings. The third-order valence-corrected chi connectivity index (χ3v) is 6.63. The van der Waals surface area contributed by atoms with Crippen LogP contribution in [0.3, 0.4) is 0 Å². The molecule has 3 aromatic carbocycles.